The summed E-state index contributed by atoms with van der Waals surface area (Å²) in [5.74, 6) is 2.25. The van der Waals surface area contributed by atoms with Crippen molar-refractivity contribution in [2.75, 3.05) is 28.4 Å². The van der Waals surface area contributed by atoms with Gasteiger partial charge in [0, 0.05) is 18.9 Å². The molecule has 148 valence electrons. The van der Waals surface area contributed by atoms with Crippen LogP contribution in [0.5, 0.6) is 23.0 Å². The molecule has 0 bridgehead atoms. The molecule has 0 fully saturated rings. The molecular weight excluding hydrogens is 360 g/mol. The largest absolute Gasteiger partial charge is 0.497 e. The number of hydrogen-bond donors (Lipinski definition) is 0. The third-order valence-corrected chi connectivity index (χ3v) is 4.73. The number of carbonyl (C=O) groups excluding carboxylic acids is 1. The average Bonchev–Trinajstić information content (AvgIpc) is 3.18. The minimum absolute atomic E-state index is 0.122. The number of amides is 1. The molecule has 0 spiro atoms. The summed E-state index contributed by atoms with van der Waals surface area (Å²) in [6.45, 7) is 1.51. The molecule has 1 aliphatic heterocycles. The van der Waals surface area contributed by atoms with Gasteiger partial charge in [0.05, 0.1) is 40.2 Å². The highest BCUT2D eigenvalue weighted by molar-refractivity contribution is 6.04. The third kappa shape index (κ3) is 3.60. The van der Waals surface area contributed by atoms with E-state index in [4.69, 9.17) is 18.9 Å². The van der Waals surface area contributed by atoms with E-state index >= 15 is 0 Å². The Morgan fingerprint density at radius 2 is 1.57 bits per heavy atom. The van der Waals surface area contributed by atoms with E-state index in [2.05, 4.69) is 5.10 Å². The zero-order chi connectivity index (χ0) is 20.3. The Balaban J connectivity index is 1.98. The van der Waals surface area contributed by atoms with Crippen molar-refractivity contribution < 1.29 is 23.7 Å². The minimum atomic E-state index is -0.183. The Kier molecular flexibility index (Phi) is 5.73. The second-order valence-corrected chi connectivity index (χ2v) is 6.32. The third-order valence-electron chi connectivity index (χ3n) is 4.73. The zero-order valence-electron chi connectivity index (χ0n) is 16.7. The van der Waals surface area contributed by atoms with Crippen molar-refractivity contribution in [3.05, 3.63) is 47.5 Å². The van der Waals surface area contributed by atoms with Crippen LogP contribution in [-0.4, -0.2) is 45.1 Å². The minimum Gasteiger partial charge on any atom is -0.497 e. The molecular formula is C21H24N2O5. The summed E-state index contributed by atoms with van der Waals surface area (Å²) in [5, 5.41) is 6.10. The Bertz CT molecular complexity index is 867. The van der Waals surface area contributed by atoms with Crippen molar-refractivity contribution in [1.82, 2.24) is 5.01 Å². The Labute approximate surface area is 164 Å². The predicted molar refractivity (Wildman–Crippen MR) is 106 cm³/mol. The first-order chi connectivity index (χ1) is 13.5. The number of carbonyl (C=O) groups is 1. The Morgan fingerprint density at radius 1 is 0.964 bits per heavy atom. The van der Waals surface area contributed by atoms with Gasteiger partial charge in [0.25, 0.3) is 0 Å². The smallest absolute Gasteiger partial charge is 0.240 e. The maximum absolute atomic E-state index is 12.2. The van der Waals surface area contributed by atoms with Gasteiger partial charge in [0.2, 0.25) is 11.7 Å². The standard InChI is InChI=1S/C21H24N2O5/c1-13(24)23-18(14-6-8-16(25-2)9-7-14)12-17(22-23)15-10-19(26-3)21(28-5)20(11-15)27-4/h6-11,18H,12H2,1-5H3/t18-/m1/s1. The van der Waals surface area contributed by atoms with Crippen molar-refractivity contribution in [1.29, 1.82) is 0 Å². The Hall–Kier alpha value is -3.22. The fourth-order valence-corrected chi connectivity index (χ4v) is 3.31. The Morgan fingerprint density at radius 3 is 2.04 bits per heavy atom. The van der Waals surface area contributed by atoms with Gasteiger partial charge >= 0.3 is 0 Å². The lowest BCUT2D eigenvalue weighted by Crippen LogP contribution is -2.24. The topological polar surface area (TPSA) is 69.6 Å². The van der Waals surface area contributed by atoms with Gasteiger partial charge in [-0.1, -0.05) is 12.1 Å². The van der Waals surface area contributed by atoms with Crippen LogP contribution in [0.3, 0.4) is 0 Å². The van der Waals surface area contributed by atoms with Gasteiger partial charge in [-0.25, -0.2) is 5.01 Å². The quantitative estimate of drug-likeness (QED) is 0.763. The lowest BCUT2D eigenvalue weighted by Gasteiger charge is -2.20. The van der Waals surface area contributed by atoms with Gasteiger partial charge in [-0.2, -0.15) is 5.10 Å². The fourth-order valence-electron chi connectivity index (χ4n) is 3.31. The normalized spacial score (nSPS) is 15.8. The molecule has 7 nitrogen and oxygen atoms in total. The number of nitrogens with zero attached hydrogens (tertiary/aromatic N) is 2. The number of hydrogen-bond acceptors (Lipinski definition) is 6. The van der Waals surface area contributed by atoms with E-state index in [9.17, 15) is 4.79 Å². The maximum Gasteiger partial charge on any atom is 0.240 e. The van der Waals surface area contributed by atoms with E-state index in [-0.39, 0.29) is 11.9 Å². The molecule has 28 heavy (non-hydrogen) atoms. The monoisotopic (exact) mass is 384 g/mol. The predicted octanol–water partition coefficient (Wildman–Crippen LogP) is 3.42. The molecule has 0 N–H and O–H groups in total. The van der Waals surface area contributed by atoms with Gasteiger partial charge in [0.15, 0.2) is 11.5 Å². The summed E-state index contributed by atoms with van der Waals surface area (Å²) in [7, 11) is 6.32. The maximum atomic E-state index is 12.2. The molecule has 1 aliphatic rings. The highest BCUT2D eigenvalue weighted by atomic mass is 16.5. The van der Waals surface area contributed by atoms with Gasteiger partial charge in [0.1, 0.15) is 5.75 Å². The first-order valence-electron chi connectivity index (χ1n) is 8.84. The summed E-state index contributed by atoms with van der Waals surface area (Å²) >= 11 is 0. The first-order valence-corrected chi connectivity index (χ1v) is 8.84. The van der Waals surface area contributed by atoms with Crippen LogP contribution in [0.1, 0.15) is 30.5 Å². The van der Waals surface area contributed by atoms with Crippen LogP contribution in [0.15, 0.2) is 41.5 Å². The van der Waals surface area contributed by atoms with Crippen LogP contribution >= 0.6 is 0 Å². The summed E-state index contributed by atoms with van der Waals surface area (Å²) in [6.07, 6.45) is 0.574. The van der Waals surface area contributed by atoms with E-state index < -0.39 is 0 Å². The van der Waals surface area contributed by atoms with Crippen molar-refractivity contribution in [2.24, 2.45) is 5.10 Å². The molecule has 1 amide bonds. The van der Waals surface area contributed by atoms with Gasteiger partial charge in [-0.05, 0) is 29.8 Å². The molecule has 3 rings (SSSR count). The molecule has 2 aromatic carbocycles. The van der Waals surface area contributed by atoms with Crippen LogP contribution in [0.2, 0.25) is 0 Å². The average molecular weight is 384 g/mol. The van der Waals surface area contributed by atoms with E-state index in [1.807, 2.05) is 36.4 Å². The number of methoxy groups -OCH3 is 4. The molecule has 0 saturated carbocycles. The number of rotatable bonds is 6. The molecule has 1 heterocycles. The second-order valence-electron chi connectivity index (χ2n) is 6.32. The van der Waals surface area contributed by atoms with Crippen LogP contribution in [0.4, 0.5) is 0 Å². The molecule has 1 atom stereocenters. The van der Waals surface area contributed by atoms with E-state index in [1.165, 1.54) is 11.9 Å². The van der Waals surface area contributed by atoms with Crippen LogP contribution in [0.25, 0.3) is 0 Å². The molecule has 0 unspecified atom stereocenters. The molecule has 2 aromatic rings. The fraction of sp³-hybridized carbons (Fsp3) is 0.333. The van der Waals surface area contributed by atoms with Crippen LogP contribution in [-0.2, 0) is 4.79 Å². The zero-order valence-corrected chi connectivity index (χ0v) is 16.7. The summed E-state index contributed by atoms with van der Waals surface area (Å²) in [5.41, 5.74) is 2.58. The lowest BCUT2D eigenvalue weighted by atomic mass is 9.98. The van der Waals surface area contributed by atoms with E-state index in [0.29, 0.717) is 23.7 Å². The second kappa shape index (κ2) is 8.21. The van der Waals surface area contributed by atoms with Crippen LogP contribution in [0, 0.1) is 0 Å². The van der Waals surface area contributed by atoms with Gasteiger partial charge in [-0.15, -0.1) is 0 Å². The van der Waals surface area contributed by atoms with E-state index in [0.717, 1.165) is 22.6 Å². The van der Waals surface area contributed by atoms with Crippen LogP contribution < -0.4 is 18.9 Å². The highest BCUT2D eigenvalue weighted by Gasteiger charge is 2.32. The van der Waals surface area contributed by atoms with Crippen molar-refractivity contribution in [2.45, 2.75) is 19.4 Å². The number of hydrazone groups is 1. The number of benzene rings is 2. The molecule has 0 radical (unpaired) electrons. The highest BCUT2D eigenvalue weighted by Crippen LogP contribution is 2.41. The molecule has 0 aromatic heterocycles. The van der Waals surface area contributed by atoms with Gasteiger partial charge in [-0.3, -0.25) is 4.79 Å². The lowest BCUT2D eigenvalue weighted by molar-refractivity contribution is -0.130. The molecule has 0 aliphatic carbocycles. The van der Waals surface area contributed by atoms with Gasteiger partial charge < -0.3 is 18.9 Å². The SMILES string of the molecule is COc1ccc([C@H]2CC(c3cc(OC)c(OC)c(OC)c3)=NN2C(C)=O)cc1. The van der Waals surface area contributed by atoms with Crippen molar-refractivity contribution >= 4 is 11.6 Å². The van der Waals surface area contributed by atoms with E-state index in [1.54, 1.807) is 28.4 Å². The number of ether oxygens (including phenoxy) is 4. The molecule has 0 saturated heterocycles. The molecule has 7 heteroatoms. The summed E-state index contributed by atoms with van der Waals surface area (Å²) in [4.78, 5) is 12.2. The summed E-state index contributed by atoms with van der Waals surface area (Å²) < 4.78 is 21.5. The van der Waals surface area contributed by atoms with Crippen molar-refractivity contribution in [3.8, 4) is 23.0 Å². The summed E-state index contributed by atoms with van der Waals surface area (Å²) in [6, 6.07) is 11.2. The first kappa shape index (κ1) is 19.5. The van der Waals surface area contributed by atoms with Crippen molar-refractivity contribution in [3.63, 3.8) is 0 Å².